The fourth-order valence-corrected chi connectivity index (χ4v) is 3.60. The number of hydrogen-bond donors (Lipinski definition) is 0. The normalized spacial score (nSPS) is 21.7. The average Bonchev–Trinajstić information content (AvgIpc) is 3.54. The molecular formula is C21H24O2S2. The number of hydrogen-bond acceptors (Lipinski definition) is 4. The number of thioether (sulfide) groups is 2. The minimum Gasteiger partial charge on any atom is -0.492 e. The standard InChI is InChI=1S/C21H24O2S2/c1-21(2,15-3-7-17(8-4-15)22-11-19-13-24-19)16-5-9-18(10-6-16)23-12-20-14-25-20/h3-10,19-20H,11-14H2,1-2H3. The quantitative estimate of drug-likeness (QED) is 0.607. The van der Waals surface area contributed by atoms with Crippen molar-refractivity contribution in [2.75, 3.05) is 24.7 Å². The minimum atomic E-state index is -0.0459. The third-order valence-corrected chi connectivity index (χ3v) is 6.71. The SMILES string of the molecule is CC(C)(c1ccc(OCC2CS2)cc1)c1ccc(OCC2CS2)cc1. The molecule has 2 aliphatic rings. The van der Waals surface area contributed by atoms with Gasteiger partial charge in [0.2, 0.25) is 0 Å². The first-order chi connectivity index (χ1) is 12.1. The Morgan fingerprint density at radius 1 is 0.760 bits per heavy atom. The van der Waals surface area contributed by atoms with Crippen LogP contribution in [0.4, 0.5) is 0 Å². The first-order valence-electron chi connectivity index (χ1n) is 8.81. The van der Waals surface area contributed by atoms with Gasteiger partial charge in [0.15, 0.2) is 0 Å². The zero-order valence-electron chi connectivity index (χ0n) is 14.7. The van der Waals surface area contributed by atoms with Gasteiger partial charge in [0, 0.05) is 27.4 Å². The molecule has 0 saturated carbocycles. The van der Waals surface area contributed by atoms with E-state index in [1.54, 1.807) is 0 Å². The van der Waals surface area contributed by atoms with Gasteiger partial charge in [-0.05, 0) is 35.4 Å². The Bertz CT molecular complexity index is 640. The summed E-state index contributed by atoms with van der Waals surface area (Å²) < 4.78 is 11.7. The van der Waals surface area contributed by atoms with Gasteiger partial charge in [-0.15, -0.1) is 0 Å². The van der Waals surface area contributed by atoms with Crippen LogP contribution in [-0.4, -0.2) is 35.2 Å². The number of ether oxygens (including phenoxy) is 2. The van der Waals surface area contributed by atoms with E-state index in [4.69, 9.17) is 9.47 Å². The fourth-order valence-electron chi connectivity index (χ4n) is 2.81. The van der Waals surface area contributed by atoms with Gasteiger partial charge in [0.1, 0.15) is 24.7 Å². The summed E-state index contributed by atoms with van der Waals surface area (Å²) in [6, 6.07) is 17.1. The Morgan fingerprint density at radius 3 is 1.44 bits per heavy atom. The summed E-state index contributed by atoms with van der Waals surface area (Å²) in [5, 5.41) is 1.41. The third kappa shape index (κ3) is 4.48. The van der Waals surface area contributed by atoms with Crippen molar-refractivity contribution in [1.29, 1.82) is 0 Å². The molecule has 2 unspecified atom stereocenters. The van der Waals surface area contributed by atoms with Crippen molar-refractivity contribution >= 4 is 23.5 Å². The molecule has 2 atom stereocenters. The van der Waals surface area contributed by atoms with E-state index < -0.39 is 0 Å². The second-order valence-corrected chi connectivity index (χ2v) is 9.87. The molecule has 2 aromatic carbocycles. The molecule has 2 saturated heterocycles. The molecule has 0 spiro atoms. The van der Waals surface area contributed by atoms with Crippen LogP contribution in [0.1, 0.15) is 25.0 Å². The van der Waals surface area contributed by atoms with Crippen LogP contribution in [-0.2, 0) is 5.41 Å². The molecule has 0 amide bonds. The van der Waals surface area contributed by atoms with Gasteiger partial charge < -0.3 is 9.47 Å². The highest BCUT2D eigenvalue weighted by Gasteiger charge is 2.25. The predicted molar refractivity (Wildman–Crippen MR) is 108 cm³/mol. The lowest BCUT2D eigenvalue weighted by molar-refractivity contribution is 0.329. The molecular weight excluding hydrogens is 348 g/mol. The summed E-state index contributed by atoms with van der Waals surface area (Å²) >= 11 is 3.93. The van der Waals surface area contributed by atoms with E-state index >= 15 is 0 Å². The van der Waals surface area contributed by atoms with E-state index in [-0.39, 0.29) is 5.41 Å². The van der Waals surface area contributed by atoms with Gasteiger partial charge in [-0.1, -0.05) is 38.1 Å². The summed E-state index contributed by atoms with van der Waals surface area (Å²) in [6.07, 6.45) is 0. The van der Waals surface area contributed by atoms with Crippen LogP contribution < -0.4 is 9.47 Å². The van der Waals surface area contributed by atoms with Gasteiger partial charge in [0.25, 0.3) is 0 Å². The van der Waals surface area contributed by atoms with Crippen molar-refractivity contribution in [2.45, 2.75) is 29.8 Å². The minimum absolute atomic E-state index is 0.0459. The van der Waals surface area contributed by atoms with Gasteiger partial charge in [-0.25, -0.2) is 0 Å². The molecule has 4 rings (SSSR count). The fraction of sp³-hybridized carbons (Fsp3) is 0.429. The molecule has 0 aliphatic carbocycles. The van der Waals surface area contributed by atoms with Crippen molar-refractivity contribution in [1.82, 2.24) is 0 Å². The average molecular weight is 373 g/mol. The van der Waals surface area contributed by atoms with E-state index in [1.165, 1.54) is 22.6 Å². The molecule has 0 bridgehead atoms. The Labute approximate surface area is 158 Å². The maximum absolute atomic E-state index is 5.83. The summed E-state index contributed by atoms with van der Waals surface area (Å²) in [4.78, 5) is 0. The van der Waals surface area contributed by atoms with Crippen LogP contribution in [0.2, 0.25) is 0 Å². The lowest BCUT2D eigenvalue weighted by atomic mass is 9.78. The first-order valence-corrected chi connectivity index (χ1v) is 10.9. The van der Waals surface area contributed by atoms with E-state index in [1.807, 2.05) is 23.5 Å². The van der Waals surface area contributed by atoms with Crippen LogP contribution >= 0.6 is 23.5 Å². The number of benzene rings is 2. The van der Waals surface area contributed by atoms with Crippen molar-refractivity contribution in [3.8, 4) is 11.5 Å². The molecule has 0 aromatic heterocycles. The highest BCUT2D eigenvalue weighted by Crippen LogP contribution is 2.35. The van der Waals surface area contributed by atoms with Crippen LogP contribution in [0, 0.1) is 0 Å². The van der Waals surface area contributed by atoms with E-state index in [2.05, 4.69) is 62.4 Å². The molecule has 2 fully saturated rings. The predicted octanol–water partition coefficient (Wildman–Crippen LogP) is 5.00. The monoisotopic (exact) mass is 372 g/mol. The Balaban J connectivity index is 1.41. The van der Waals surface area contributed by atoms with Crippen LogP contribution in [0.5, 0.6) is 11.5 Å². The van der Waals surface area contributed by atoms with Gasteiger partial charge in [0.05, 0.1) is 0 Å². The molecule has 2 heterocycles. The summed E-state index contributed by atoms with van der Waals surface area (Å²) in [6.45, 7) is 6.18. The second-order valence-electron chi connectivity index (χ2n) is 7.21. The maximum atomic E-state index is 5.83. The molecule has 132 valence electrons. The largest absolute Gasteiger partial charge is 0.492 e. The lowest BCUT2D eigenvalue weighted by Gasteiger charge is -2.26. The van der Waals surface area contributed by atoms with Crippen LogP contribution in [0.25, 0.3) is 0 Å². The molecule has 2 aliphatic heterocycles. The molecule has 2 aromatic rings. The Kier molecular flexibility index (Phi) is 4.92. The summed E-state index contributed by atoms with van der Waals surface area (Å²) in [5.41, 5.74) is 2.54. The van der Waals surface area contributed by atoms with Gasteiger partial charge in [-0.3, -0.25) is 0 Å². The second kappa shape index (κ2) is 7.16. The zero-order chi connectivity index (χ0) is 17.3. The molecule has 0 N–H and O–H groups in total. The summed E-state index contributed by atoms with van der Waals surface area (Å²) in [5.74, 6) is 4.41. The maximum Gasteiger partial charge on any atom is 0.119 e. The Hall–Kier alpha value is -1.26. The molecule has 2 nitrogen and oxygen atoms in total. The van der Waals surface area contributed by atoms with Crippen molar-refractivity contribution < 1.29 is 9.47 Å². The van der Waals surface area contributed by atoms with E-state index in [9.17, 15) is 0 Å². The van der Waals surface area contributed by atoms with E-state index in [0.717, 1.165) is 24.7 Å². The first kappa shape index (κ1) is 17.2. The van der Waals surface area contributed by atoms with Crippen molar-refractivity contribution in [3.63, 3.8) is 0 Å². The number of rotatable bonds is 8. The molecule has 25 heavy (non-hydrogen) atoms. The third-order valence-electron chi connectivity index (χ3n) is 4.83. The van der Waals surface area contributed by atoms with Crippen molar-refractivity contribution in [2.24, 2.45) is 0 Å². The zero-order valence-corrected chi connectivity index (χ0v) is 16.4. The van der Waals surface area contributed by atoms with Gasteiger partial charge in [-0.2, -0.15) is 23.5 Å². The Morgan fingerprint density at radius 2 is 1.12 bits per heavy atom. The highest BCUT2D eigenvalue weighted by molar-refractivity contribution is 8.07. The van der Waals surface area contributed by atoms with Crippen molar-refractivity contribution in [3.05, 3.63) is 59.7 Å². The smallest absolute Gasteiger partial charge is 0.119 e. The lowest BCUT2D eigenvalue weighted by Crippen LogP contribution is -2.18. The van der Waals surface area contributed by atoms with E-state index in [0.29, 0.717) is 10.5 Å². The summed E-state index contributed by atoms with van der Waals surface area (Å²) in [7, 11) is 0. The topological polar surface area (TPSA) is 18.5 Å². The van der Waals surface area contributed by atoms with Crippen LogP contribution in [0.15, 0.2) is 48.5 Å². The highest BCUT2D eigenvalue weighted by atomic mass is 32.2. The molecule has 4 heteroatoms. The van der Waals surface area contributed by atoms with Gasteiger partial charge >= 0.3 is 0 Å². The van der Waals surface area contributed by atoms with Crippen LogP contribution in [0.3, 0.4) is 0 Å². The molecule has 0 radical (unpaired) electrons.